The predicted octanol–water partition coefficient (Wildman–Crippen LogP) is 4.27. The van der Waals surface area contributed by atoms with Crippen LogP contribution in [-0.4, -0.2) is 28.7 Å². The topological polar surface area (TPSA) is 93.2 Å². The molecule has 148 valence electrons. The van der Waals surface area contributed by atoms with Gasteiger partial charge in [0.1, 0.15) is 0 Å². The summed E-state index contributed by atoms with van der Waals surface area (Å²) in [6.45, 7) is 6.10. The first-order valence-corrected chi connectivity index (χ1v) is 9.23. The second kappa shape index (κ2) is 8.97. The largest absolute Gasteiger partial charge is 0.462 e. The Hall–Kier alpha value is -3.74. The third-order valence-corrected chi connectivity index (χ3v) is 4.33. The highest BCUT2D eigenvalue weighted by Crippen LogP contribution is 2.17. The minimum Gasteiger partial charge on any atom is -0.462 e. The molecule has 3 aromatic rings. The molecule has 1 aromatic heterocycles. The molecule has 0 saturated heterocycles. The van der Waals surface area contributed by atoms with Crippen molar-refractivity contribution < 1.29 is 14.3 Å². The Labute approximate surface area is 169 Å². The summed E-state index contributed by atoms with van der Waals surface area (Å²) in [6.07, 6.45) is 0. The number of aryl methyl sites for hydroxylation is 2. The maximum atomic E-state index is 12.4. The van der Waals surface area contributed by atoms with Gasteiger partial charge in [-0.1, -0.05) is 6.07 Å². The first kappa shape index (κ1) is 20.0. The van der Waals surface area contributed by atoms with Crippen LogP contribution in [0.1, 0.15) is 38.9 Å². The lowest BCUT2D eigenvalue weighted by Gasteiger charge is -2.08. The molecule has 0 atom stereocenters. The van der Waals surface area contributed by atoms with Crippen LogP contribution >= 0.6 is 0 Å². The smallest absolute Gasteiger partial charge is 0.338 e. The SMILES string of the molecule is CCOC(=O)c1ccc(Nc2ccc(C(=O)Nc3ccc(C)c(C)c3)nn2)cc1. The lowest BCUT2D eigenvalue weighted by atomic mass is 10.1. The van der Waals surface area contributed by atoms with E-state index in [0.717, 1.165) is 16.8 Å². The van der Waals surface area contributed by atoms with Gasteiger partial charge < -0.3 is 15.4 Å². The number of nitrogens with one attached hydrogen (secondary N) is 2. The van der Waals surface area contributed by atoms with Gasteiger partial charge in [0.2, 0.25) is 0 Å². The molecular weight excluding hydrogens is 368 g/mol. The number of hydrogen-bond acceptors (Lipinski definition) is 6. The number of carbonyl (C=O) groups excluding carboxylic acids is 2. The normalized spacial score (nSPS) is 10.3. The molecule has 29 heavy (non-hydrogen) atoms. The zero-order chi connectivity index (χ0) is 20.8. The van der Waals surface area contributed by atoms with Crippen molar-refractivity contribution in [3.63, 3.8) is 0 Å². The van der Waals surface area contributed by atoms with Gasteiger partial charge >= 0.3 is 5.97 Å². The molecular formula is C22H22N4O3. The van der Waals surface area contributed by atoms with Gasteiger partial charge in [-0.15, -0.1) is 10.2 Å². The van der Waals surface area contributed by atoms with Crippen LogP contribution in [0.4, 0.5) is 17.2 Å². The molecule has 0 radical (unpaired) electrons. The fourth-order valence-electron chi connectivity index (χ4n) is 2.59. The van der Waals surface area contributed by atoms with Crippen LogP contribution in [0.3, 0.4) is 0 Å². The third kappa shape index (κ3) is 5.16. The minimum atomic E-state index is -0.363. The van der Waals surface area contributed by atoms with E-state index in [4.69, 9.17) is 4.74 Å². The molecule has 2 N–H and O–H groups in total. The first-order chi connectivity index (χ1) is 14.0. The number of carbonyl (C=O) groups is 2. The number of nitrogens with zero attached hydrogens (tertiary/aromatic N) is 2. The summed E-state index contributed by atoms with van der Waals surface area (Å²) < 4.78 is 4.96. The van der Waals surface area contributed by atoms with Crippen LogP contribution in [-0.2, 0) is 4.74 Å². The summed E-state index contributed by atoms with van der Waals surface area (Å²) in [5.41, 5.74) is 4.40. The molecule has 3 rings (SSSR count). The zero-order valence-electron chi connectivity index (χ0n) is 16.5. The van der Waals surface area contributed by atoms with Crippen molar-refractivity contribution >= 4 is 29.1 Å². The summed E-state index contributed by atoms with van der Waals surface area (Å²) in [5, 5.41) is 13.9. The van der Waals surface area contributed by atoms with Crippen molar-refractivity contribution in [3.05, 3.63) is 77.0 Å². The molecule has 0 saturated carbocycles. The number of aromatic nitrogens is 2. The van der Waals surface area contributed by atoms with Crippen molar-refractivity contribution in [2.24, 2.45) is 0 Å². The lowest BCUT2D eigenvalue weighted by Crippen LogP contribution is -2.14. The quantitative estimate of drug-likeness (QED) is 0.611. The second-order valence-corrected chi connectivity index (χ2v) is 6.48. The number of esters is 1. The standard InChI is InChI=1S/C22H22N4O3/c1-4-29-22(28)16-6-9-17(10-7-16)23-20-12-11-19(25-26-20)21(27)24-18-8-5-14(2)15(3)13-18/h5-13H,4H2,1-3H3,(H,23,26)(H,24,27). The Morgan fingerprint density at radius 2 is 1.62 bits per heavy atom. The van der Waals surface area contributed by atoms with Crippen molar-refractivity contribution in [1.29, 1.82) is 0 Å². The van der Waals surface area contributed by atoms with Crippen molar-refractivity contribution in [2.45, 2.75) is 20.8 Å². The molecule has 2 aromatic carbocycles. The highest BCUT2D eigenvalue weighted by molar-refractivity contribution is 6.02. The predicted molar refractivity (Wildman–Crippen MR) is 112 cm³/mol. The van der Waals surface area contributed by atoms with Gasteiger partial charge in [-0.2, -0.15) is 0 Å². The molecule has 0 fully saturated rings. The Morgan fingerprint density at radius 1 is 0.897 bits per heavy atom. The van der Waals surface area contributed by atoms with Gasteiger partial charge in [0.15, 0.2) is 11.5 Å². The number of hydrogen-bond donors (Lipinski definition) is 2. The van der Waals surface area contributed by atoms with E-state index in [0.29, 0.717) is 23.7 Å². The molecule has 0 spiro atoms. The van der Waals surface area contributed by atoms with Gasteiger partial charge in [-0.05, 0) is 80.4 Å². The van der Waals surface area contributed by atoms with Crippen molar-refractivity contribution in [1.82, 2.24) is 10.2 Å². The molecule has 1 amide bonds. The molecule has 1 heterocycles. The maximum absolute atomic E-state index is 12.4. The highest BCUT2D eigenvalue weighted by atomic mass is 16.5. The average Bonchev–Trinajstić information content (AvgIpc) is 2.72. The van der Waals surface area contributed by atoms with E-state index in [1.807, 2.05) is 32.0 Å². The number of ether oxygens (including phenoxy) is 1. The van der Waals surface area contributed by atoms with Gasteiger partial charge in [-0.3, -0.25) is 4.79 Å². The number of benzene rings is 2. The van der Waals surface area contributed by atoms with Crippen LogP contribution in [0, 0.1) is 13.8 Å². The Balaban J connectivity index is 1.63. The summed E-state index contributed by atoms with van der Waals surface area (Å²) in [4.78, 5) is 24.0. The Bertz CT molecular complexity index is 1020. The summed E-state index contributed by atoms with van der Waals surface area (Å²) >= 11 is 0. The Kier molecular flexibility index (Phi) is 6.19. The van der Waals surface area contributed by atoms with Crippen LogP contribution in [0.5, 0.6) is 0 Å². The van der Waals surface area contributed by atoms with E-state index in [1.165, 1.54) is 0 Å². The lowest BCUT2D eigenvalue weighted by molar-refractivity contribution is 0.0526. The van der Waals surface area contributed by atoms with Crippen LogP contribution < -0.4 is 10.6 Å². The number of anilines is 3. The monoisotopic (exact) mass is 390 g/mol. The number of amides is 1. The highest BCUT2D eigenvalue weighted by Gasteiger charge is 2.10. The van der Waals surface area contributed by atoms with E-state index in [2.05, 4.69) is 20.8 Å². The molecule has 0 bridgehead atoms. The van der Waals surface area contributed by atoms with E-state index in [1.54, 1.807) is 43.3 Å². The zero-order valence-corrected chi connectivity index (χ0v) is 16.5. The van der Waals surface area contributed by atoms with Crippen LogP contribution in [0.25, 0.3) is 0 Å². The van der Waals surface area contributed by atoms with E-state index >= 15 is 0 Å². The summed E-state index contributed by atoms with van der Waals surface area (Å²) in [7, 11) is 0. The van der Waals surface area contributed by atoms with E-state index < -0.39 is 0 Å². The summed E-state index contributed by atoms with van der Waals surface area (Å²) in [6, 6.07) is 15.8. The fraction of sp³-hybridized carbons (Fsp3) is 0.182. The van der Waals surface area contributed by atoms with E-state index in [9.17, 15) is 9.59 Å². The third-order valence-electron chi connectivity index (χ3n) is 4.33. The molecule has 0 aliphatic heterocycles. The molecule has 7 heteroatoms. The van der Waals surface area contributed by atoms with Gasteiger partial charge in [-0.25, -0.2) is 4.79 Å². The average molecular weight is 390 g/mol. The minimum absolute atomic E-state index is 0.214. The molecule has 0 unspecified atom stereocenters. The molecule has 0 aliphatic carbocycles. The van der Waals surface area contributed by atoms with Crippen molar-refractivity contribution in [2.75, 3.05) is 17.2 Å². The molecule has 7 nitrogen and oxygen atoms in total. The van der Waals surface area contributed by atoms with Crippen LogP contribution in [0.2, 0.25) is 0 Å². The van der Waals surface area contributed by atoms with Gasteiger partial charge in [0, 0.05) is 11.4 Å². The van der Waals surface area contributed by atoms with Gasteiger partial charge in [0.05, 0.1) is 12.2 Å². The van der Waals surface area contributed by atoms with Crippen molar-refractivity contribution in [3.8, 4) is 0 Å². The maximum Gasteiger partial charge on any atom is 0.338 e. The second-order valence-electron chi connectivity index (χ2n) is 6.48. The Morgan fingerprint density at radius 3 is 2.24 bits per heavy atom. The molecule has 0 aliphatic rings. The van der Waals surface area contributed by atoms with E-state index in [-0.39, 0.29) is 17.6 Å². The fourth-order valence-corrected chi connectivity index (χ4v) is 2.59. The number of rotatable bonds is 6. The van der Waals surface area contributed by atoms with Gasteiger partial charge in [0.25, 0.3) is 5.91 Å². The van der Waals surface area contributed by atoms with Crippen LogP contribution in [0.15, 0.2) is 54.6 Å². The summed E-state index contributed by atoms with van der Waals surface area (Å²) in [5.74, 6) is -0.208. The first-order valence-electron chi connectivity index (χ1n) is 9.23.